The number of hydrogen-bond acceptors (Lipinski definition) is 3. The highest BCUT2D eigenvalue weighted by atomic mass is 19.2. The molecule has 0 fully saturated rings. The summed E-state index contributed by atoms with van der Waals surface area (Å²) in [5, 5.41) is 8.82. The number of furan rings is 1. The van der Waals surface area contributed by atoms with E-state index in [1.54, 1.807) is 0 Å². The Hall–Kier alpha value is -2.35. The van der Waals surface area contributed by atoms with Crippen molar-refractivity contribution in [3.8, 4) is 17.2 Å². The van der Waals surface area contributed by atoms with Crippen LogP contribution in [0.25, 0.3) is 11.1 Å². The second-order valence-corrected chi connectivity index (χ2v) is 3.13. The van der Waals surface area contributed by atoms with E-state index in [-0.39, 0.29) is 11.4 Å². The SMILES string of the molecule is N#Cc1c(-c2ccc(F)c(F)c2)coc1N. The molecule has 0 radical (unpaired) electrons. The van der Waals surface area contributed by atoms with Gasteiger partial charge < -0.3 is 10.2 Å². The van der Waals surface area contributed by atoms with Crippen molar-refractivity contribution in [1.82, 2.24) is 0 Å². The van der Waals surface area contributed by atoms with Gasteiger partial charge in [-0.25, -0.2) is 8.78 Å². The second kappa shape index (κ2) is 3.66. The van der Waals surface area contributed by atoms with Crippen molar-refractivity contribution in [2.75, 3.05) is 5.73 Å². The molecular weight excluding hydrogens is 214 g/mol. The predicted octanol–water partition coefficient (Wildman–Crippen LogP) is 2.68. The normalized spacial score (nSPS) is 10.1. The van der Waals surface area contributed by atoms with Crippen LogP contribution in [0, 0.1) is 23.0 Å². The first-order chi connectivity index (χ1) is 7.63. The van der Waals surface area contributed by atoms with Crippen molar-refractivity contribution in [2.24, 2.45) is 0 Å². The van der Waals surface area contributed by atoms with E-state index in [1.165, 1.54) is 12.3 Å². The van der Waals surface area contributed by atoms with Crippen LogP contribution in [0.1, 0.15) is 5.56 Å². The molecule has 3 nitrogen and oxygen atoms in total. The van der Waals surface area contributed by atoms with Crippen molar-refractivity contribution in [1.29, 1.82) is 5.26 Å². The predicted molar refractivity (Wildman–Crippen MR) is 53.2 cm³/mol. The lowest BCUT2D eigenvalue weighted by Crippen LogP contribution is -1.88. The highest BCUT2D eigenvalue weighted by Crippen LogP contribution is 2.29. The molecule has 0 aliphatic rings. The average molecular weight is 220 g/mol. The Morgan fingerprint density at radius 3 is 2.62 bits per heavy atom. The smallest absolute Gasteiger partial charge is 0.208 e. The monoisotopic (exact) mass is 220 g/mol. The first kappa shape index (κ1) is 10.2. The highest BCUT2D eigenvalue weighted by molar-refractivity contribution is 5.74. The van der Waals surface area contributed by atoms with Crippen molar-refractivity contribution in [3.05, 3.63) is 41.7 Å². The zero-order chi connectivity index (χ0) is 11.7. The highest BCUT2D eigenvalue weighted by Gasteiger charge is 2.14. The number of hydrogen-bond donors (Lipinski definition) is 1. The molecule has 0 aliphatic carbocycles. The molecule has 2 rings (SSSR count). The molecule has 16 heavy (non-hydrogen) atoms. The van der Waals surface area contributed by atoms with Crippen molar-refractivity contribution < 1.29 is 13.2 Å². The van der Waals surface area contributed by atoms with Crippen LogP contribution in [0.2, 0.25) is 0 Å². The molecular formula is C11H6F2N2O. The van der Waals surface area contributed by atoms with Gasteiger partial charge in [0.05, 0.1) is 0 Å². The van der Waals surface area contributed by atoms with E-state index in [9.17, 15) is 8.78 Å². The Balaban J connectivity index is 2.60. The molecule has 0 aliphatic heterocycles. The molecule has 1 aromatic carbocycles. The van der Waals surface area contributed by atoms with Gasteiger partial charge in [-0.1, -0.05) is 6.07 Å². The molecule has 2 aromatic rings. The lowest BCUT2D eigenvalue weighted by atomic mass is 10.0. The molecule has 0 spiro atoms. The van der Waals surface area contributed by atoms with Gasteiger partial charge in [0.2, 0.25) is 5.88 Å². The maximum Gasteiger partial charge on any atom is 0.208 e. The Labute approximate surface area is 89.7 Å². The fourth-order valence-corrected chi connectivity index (χ4v) is 1.36. The van der Waals surface area contributed by atoms with Gasteiger partial charge in [0.15, 0.2) is 11.6 Å². The molecule has 0 saturated heterocycles. The second-order valence-electron chi connectivity index (χ2n) is 3.13. The number of benzene rings is 1. The summed E-state index contributed by atoms with van der Waals surface area (Å²) in [6.45, 7) is 0. The third-order valence-electron chi connectivity index (χ3n) is 2.16. The number of nitriles is 1. The van der Waals surface area contributed by atoms with Crippen LogP contribution >= 0.6 is 0 Å². The number of nitrogens with two attached hydrogens (primary N) is 1. The minimum atomic E-state index is -0.985. The lowest BCUT2D eigenvalue weighted by Gasteiger charge is -1.99. The molecule has 0 bridgehead atoms. The van der Waals surface area contributed by atoms with Crippen LogP contribution in [-0.2, 0) is 0 Å². The van der Waals surface area contributed by atoms with Gasteiger partial charge in [0.25, 0.3) is 0 Å². The summed E-state index contributed by atoms with van der Waals surface area (Å²) in [6, 6.07) is 5.16. The zero-order valence-electron chi connectivity index (χ0n) is 8.00. The van der Waals surface area contributed by atoms with Crippen LogP contribution in [0.5, 0.6) is 0 Å². The van der Waals surface area contributed by atoms with Crippen LogP contribution in [0.4, 0.5) is 14.7 Å². The molecule has 80 valence electrons. The summed E-state index contributed by atoms with van der Waals surface area (Å²) in [5.41, 5.74) is 6.21. The lowest BCUT2D eigenvalue weighted by molar-refractivity contribution is 0.509. The number of nitrogens with zero attached hydrogens (tertiary/aromatic N) is 1. The summed E-state index contributed by atoms with van der Waals surface area (Å²) < 4.78 is 30.6. The molecule has 5 heteroatoms. The van der Waals surface area contributed by atoms with Gasteiger partial charge >= 0.3 is 0 Å². The molecule has 2 N–H and O–H groups in total. The van der Waals surface area contributed by atoms with Crippen molar-refractivity contribution in [3.63, 3.8) is 0 Å². The number of anilines is 1. The third kappa shape index (κ3) is 1.50. The number of nitrogen functional groups attached to an aromatic ring is 1. The van der Waals surface area contributed by atoms with E-state index >= 15 is 0 Å². The number of rotatable bonds is 1. The quantitative estimate of drug-likeness (QED) is 0.803. The fourth-order valence-electron chi connectivity index (χ4n) is 1.36. The van der Waals surface area contributed by atoms with E-state index in [1.807, 2.05) is 6.07 Å². The van der Waals surface area contributed by atoms with Crippen LogP contribution in [-0.4, -0.2) is 0 Å². The Morgan fingerprint density at radius 1 is 1.25 bits per heavy atom. The fraction of sp³-hybridized carbons (Fsp3) is 0. The first-order valence-electron chi connectivity index (χ1n) is 4.36. The molecule has 1 aromatic heterocycles. The van der Waals surface area contributed by atoms with E-state index in [0.29, 0.717) is 11.1 Å². The summed E-state index contributed by atoms with van der Waals surface area (Å²) in [4.78, 5) is 0. The Bertz CT molecular complexity index is 584. The van der Waals surface area contributed by atoms with Gasteiger partial charge in [-0.3, -0.25) is 0 Å². The number of halogens is 2. The Kier molecular flexibility index (Phi) is 2.33. The minimum absolute atomic E-state index is 0.0396. The standard InChI is InChI=1S/C11H6F2N2O/c12-9-2-1-6(3-10(9)13)8-5-16-11(15)7(8)4-14/h1-3,5H,15H2. The van der Waals surface area contributed by atoms with E-state index in [0.717, 1.165) is 12.1 Å². The average Bonchev–Trinajstić information content (AvgIpc) is 2.63. The molecule has 0 atom stereocenters. The maximum atomic E-state index is 13.0. The van der Waals surface area contributed by atoms with Crippen molar-refractivity contribution in [2.45, 2.75) is 0 Å². The maximum absolute atomic E-state index is 13.0. The molecule has 1 heterocycles. The summed E-state index contributed by atoms with van der Waals surface area (Å²) >= 11 is 0. The first-order valence-corrected chi connectivity index (χ1v) is 4.36. The van der Waals surface area contributed by atoms with Gasteiger partial charge in [-0.15, -0.1) is 0 Å². The summed E-state index contributed by atoms with van der Waals surface area (Å²) in [5.74, 6) is -1.97. The van der Waals surface area contributed by atoms with Crippen LogP contribution in [0.15, 0.2) is 28.9 Å². The minimum Gasteiger partial charge on any atom is -0.447 e. The Morgan fingerprint density at radius 2 is 2.00 bits per heavy atom. The van der Waals surface area contributed by atoms with E-state index in [4.69, 9.17) is 15.4 Å². The van der Waals surface area contributed by atoms with Gasteiger partial charge in [0, 0.05) is 5.56 Å². The van der Waals surface area contributed by atoms with Gasteiger partial charge in [0.1, 0.15) is 17.9 Å². The summed E-state index contributed by atoms with van der Waals surface area (Å²) in [7, 11) is 0. The van der Waals surface area contributed by atoms with Gasteiger partial charge in [-0.05, 0) is 17.7 Å². The largest absolute Gasteiger partial charge is 0.447 e. The van der Waals surface area contributed by atoms with Crippen LogP contribution in [0.3, 0.4) is 0 Å². The topological polar surface area (TPSA) is 63.0 Å². The van der Waals surface area contributed by atoms with Crippen LogP contribution < -0.4 is 5.73 Å². The van der Waals surface area contributed by atoms with Crippen molar-refractivity contribution >= 4 is 5.88 Å². The third-order valence-corrected chi connectivity index (χ3v) is 2.16. The van der Waals surface area contributed by atoms with Gasteiger partial charge in [-0.2, -0.15) is 5.26 Å². The molecule has 0 amide bonds. The molecule has 0 saturated carbocycles. The van der Waals surface area contributed by atoms with E-state index in [2.05, 4.69) is 0 Å². The van der Waals surface area contributed by atoms with E-state index < -0.39 is 11.6 Å². The molecule has 0 unspecified atom stereocenters. The zero-order valence-corrected chi connectivity index (χ0v) is 8.00. The summed E-state index contributed by atoms with van der Waals surface area (Å²) in [6.07, 6.45) is 1.24.